The van der Waals surface area contributed by atoms with E-state index in [0.717, 1.165) is 48.7 Å². The van der Waals surface area contributed by atoms with Gasteiger partial charge in [-0.05, 0) is 44.9 Å². The van der Waals surface area contributed by atoms with Crippen molar-refractivity contribution in [3.63, 3.8) is 0 Å². The Labute approximate surface area is 144 Å². The van der Waals surface area contributed by atoms with E-state index in [4.69, 9.17) is 0 Å². The monoisotopic (exact) mass is 326 g/mol. The molecule has 0 radical (unpaired) electrons. The number of rotatable bonds is 2. The zero-order valence-corrected chi connectivity index (χ0v) is 14.9. The van der Waals surface area contributed by atoms with E-state index in [1.807, 2.05) is 4.90 Å². The van der Waals surface area contributed by atoms with E-state index in [0.29, 0.717) is 0 Å². The van der Waals surface area contributed by atoms with Gasteiger partial charge in [-0.3, -0.25) is 9.69 Å². The third-order valence-corrected chi connectivity index (χ3v) is 6.32. The lowest BCUT2D eigenvalue weighted by atomic mass is 9.66. The number of likely N-dealkylation sites (tertiary alicyclic amines) is 1. The van der Waals surface area contributed by atoms with Crippen molar-refractivity contribution in [2.24, 2.45) is 11.8 Å². The molecule has 1 N–H and O–H groups in total. The fourth-order valence-corrected chi connectivity index (χ4v) is 4.85. The Hall–Kier alpha value is -1.96. The van der Waals surface area contributed by atoms with Crippen LogP contribution in [0.15, 0.2) is 22.8 Å². The molecule has 1 amide bonds. The van der Waals surface area contributed by atoms with Crippen molar-refractivity contribution >= 4 is 5.91 Å². The zero-order chi connectivity index (χ0) is 17.1. The number of carbonyl (C=O) groups excluding carboxylic acids is 1. The summed E-state index contributed by atoms with van der Waals surface area (Å²) in [4.78, 5) is 17.6. The number of amides is 1. The molecule has 2 fully saturated rings. The van der Waals surface area contributed by atoms with Crippen LogP contribution in [0.4, 0.5) is 0 Å². The average Bonchev–Trinajstić information content (AvgIpc) is 2.73. The molecule has 24 heavy (non-hydrogen) atoms. The molecule has 128 valence electrons. The van der Waals surface area contributed by atoms with Crippen LogP contribution >= 0.6 is 0 Å². The maximum absolute atomic E-state index is 13.4. The molecule has 0 aromatic rings. The highest BCUT2D eigenvalue weighted by atomic mass is 16.2. The first kappa shape index (κ1) is 15.6. The summed E-state index contributed by atoms with van der Waals surface area (Å²) in [6.07, 6.45) is 5.57. The van der Waals surface area contributed by atoms with Crippen molar-refractivity contribution in [2.45, 2.75) is 58.4 Å². The predicted molar refractivity (Wildman–Crippen MR) is 91.0 cm³/mol. The molecule has 4 rings (SSSR count). The van der Waals surface area contributed by atoms with Crippen molar-refractivity contribution in [3.8, 4) is 6.07 Å². The molecule has 2 unspecified atom stereocenters. The smallest absolute Gasteiger partial charge is 0.259 e. The SMILES string of the molecule is CC(C)C1=C(N2CCCCC2)NC2=C(C#N)C3CCC3(C)N2C1=O. The molecule has 2 atom stereocenters. The summed E-state index contributed by atoms with van der Waals surface area (Å²) >= 11 is 0. The molecular weight excluding hydrogens is 300 g/mol. The summed E-state index contributed by atoms with van der Waals surface area (Å²) < 4.78 is 0. The fraction of sp³-hybridized carbons (Fsp3) is 0.684. The molecule has 1 saturated carbocycles. The summed E-state index contributed by atoms with van der Waals surface area (Å²) in [5, 5.41) is 13.2. The number of nitrogens with one attached hydrogen (secondary N) is 1. The molecule has 0 aromatic heterocycles. The summed E-state index contributed by atoms with van der Waals surface area (Å²) in [7, 11) is 0. The lowest BCUT2D eigenvalue weighted by molar-refractivity contribution is -0.135. The van der Waals surface area contributed by atoms with E-state index in [2.05, 4.69) is 37.1 Å². The molecule has 0 spiro atoms. The van der Waals surface area contributed by atoms with Gasteiger partial charge < -0.3 is 10.2 Å². The predicted octanol–water partition coefficient (Wildman–Crippen LogP) is 2.69. The maximum Gasteiger partial charge on any atom is 0.259 e. The Balaban J connectivity index is 1.82. The summed E-state index contributed by atoms with van der Waals surface area (Å²) in [5.41, 5.74) is 1.44. The van der Waals surface area contributed by atoms with Crippen LogP contribution in [0.1, 0.15) is 52.9 Å². The number of fused-ring (bicyclic) bond motifs is 3. The molecule has 1 saturated heterocycles. The Bertz CT molecular complexity index is 693. The Morgan fingerprint density at radius 2 is 1.96 bits per heavy atom. The van der Waals surface area contributed by atoms with Gasteiger partial charge in [-0.2, -0.15) is 5.26 Å². The largest absolute Gasteiger partial charge is 0.358 e. The van der Waals surface area contributed by atoms with E-state index in [-0.39, 0.29) is 23.3 Å². The zero-order valence-electron chi connectivity index (χ0n) is 14.9. The van der Waals surface area contributed by atoms with Crippen molar-refractivity contribution in [1.82, 2.24) is 15.1 Å². The van der Waals surface area contributed by atoms with Gasteiger partial charge in [-0.15, -0.1) is 0 Å². The second-order valence-electron chi connectivity index (χ2n) is 8.05. The van der Waals surface area contributed by atoms with E-state index in [1.54, 1.807) is 0 Å². The van der Waals surface area contributed by atoms with E-state index >= 15 is 0 Å². The molecule has 5 nitrogen and oxygen atoms in total. The molecule has 0 aromatic carbocycles. The van der Waals surface area contributed by atoms with Crippen LogP contribution in [-0.4, -0.2) is 34.3 Å². The normalized spacial score (nSPS) is 32.5. The highest BCUT2D eigenvalue weighted by Crippen LogP contribution is 2.55. The molecule has 3 aliphatic heterocycles. The topological polar surface area (TPSA) is 59.4 Å². The second-order valence-corrected chi connectivity index (χ2v) is 8.05. The van der Waals surface area contributed by atoms with Gasteiger partial charge in [-0.25, -0.2) is 0 Å². The quantitative estimate of drug-likeness (QED) is 0.847. The van der Waals surface area contributed by atoms with Crippen LogP contribution in [0.25, 0.3) is 0 Å². The second kappa shape index (κ2) is 5.27. The minimum absolute atomic E-state index is 0.108. The van der Waals surface area contributed by atoms with Gasteiger partial charge in [0, 0.05) is 19.0 Å². The van der Waals surface area contributed by atoms with Crippen molar-refractivity contribution in [2.75, 3.05) is 13.1 Å². The number of piperidine rings is 1. The average molecular weight is 326 g/mol. The minimum Gasteiger partial charge on any atom is -0.358 e. The number of hydrogen-bond acceptors (Lipinski definition) is 4. The van der Waals surface area contributed by atoms with Gasteiger partial charge in [0.15, 0.2) is 0 Å². The minimum atomic E-state index is -0.210. The first-order valence-electron chi connectivity index (χ1n) is 9.24. The van der Waals surface area contributed by atoms with Gasteiger partial charge in [0.1, 0.15) is 11.6 Å². The van der Waals surface area contributed by atoms with E-state index in [1.165, 1.54) is 19.3 Å². The van der Waals surface area contributed by atoms with Gasteiger partial charge in [0.05, 0.1) is 22.8 Å². The Morgan fingerprint density at radius 1 is 1.25 bits per heavy atom. The summed E-state index contributed by atoms with van der Waals surface area (Å²) in [6, 6.07) is 2.39. The van der Waals surface area contributed by atoms with Crippen LogP contribution in [0.3, 0.4) is 0 Å². The van der Waals surface area contributed by atoms with Crippen LogP contribution in [0.2, 0.25) is 0 Å². The molecule has 5 heteroatoms. The standard InChI is InChI=1S/C19H26N4O/c1-12(2)15-17(22-9-5-4-6-10-22)21-16-13(11-20)14-7-8-19(14,3)23(16)18(15)24/h12,14,21H,4-10H2,1-3H3. The number of nitrogens with zero attached hydrogens (tertiary/aromatic N) is 3. The van der Waals surface area contributed by atoms with Crippen molar-refractivity contribution in [3.05, 3.63) is 22.8 Å². The first-order chi connectivity index (χ1) is 11.5. The maximum atomic E-state index is 13.4. The van der Waals surface area contributed by atoms with Gasteiger partial charge in [0.25, 0.3) is 5.91 Å². The first-order valence-corrected chi connectivity index (χ1v) is 9.24. The van der Waals surface area contributed by atoms with E-state index < -0.39 is 0 Å². The van der Waals surface area contributed by atoms with Crippen LogP contribution in [0, 0.1) is 23.2 Å². The fourth-order valence-electron chi connectivity index (χ4n) is 4.85. The molecule has 1 aliphatic carbocycles. The van der Waals surface area contributed by atoms with E-state index in [9.17, 15) is 10.1 Å². The summed E-state index contributed by atoms with van der Waals surface area (Å²) in [5.74, 6) is 2.19. The van der Waals surface area contributed by atoms with Crippen molar-refractivity contribution in [1.29, 1.82) is 5.26 Å². The summed E-state index contributed by atoms with van der Waals surface area (Å²) in [6.45, 7) is 8.29. The molecular formula is C19H26N4O. The lowest BCUT2D eigenvalue weighted by Gasteiger charge is -2.50. The van der Waals surface area contributed by atoms with Gasteiger partial charge in [0.2, 0.25) is 0 Å². The number of nitriles is 1. The molecule has 3 heterocycles. The highest BCUT2D eigenvalue weighted by molar-refractivity contribution is 5.98. The van der Waals surface area contributed by atoms with Crippen LogP contribution in [0.5, 0.6) is 0 Å². The van der Waals surface area contributed by atoms with Gasteiger partial charge in [-0.1, -0.05) is 13.8 Å². The van der Waals surface area contributed by atoms with Crippen LogP contribution < -0.4 is 5.32 Å². The molecule has 4 aliphatic rings. The highest BCUT2D eigenvalue weighted by Gasteiger charge is 2.60. The van der Waals surface area contributed by atoms with Crippen molar-refractivity contribution < 1.29 is 4.79 Å². The lowest BCUT2D eigenvalue weighted by Crippen LogP contribution is -2.59. The van der Waals surface area contributed by atoms with Crippen LogP contribution in [-0.2, 0) is 4.79 Å². The Kier molecular flexibility index (Phi) is 3.42. The number of carbonyl (C=O) groups is 1. The van der Waals surface area contributed by atoms with Gasteiger partial charge >= 0.3 is 0 Å². The third kappa shape index (κ3) is 1.89. The molecule has 0 bridgehead atoms. The number of hydrogen-bond donors (Lipinski definition) is 1. The Morgan fingerprint density at radius 3 is 2.50 bits per heavy atom. The third-order valence-electron chi connectivity index (χ3n) is 6.32.